The van der Waals surface area contributed by atoms with E-state index in [-0.39, 0.29) is 4.83 Å². The van der Waals surface area contributed by atoms with Gasteiger partial charge in [0.2, 0.25) is 0 Å². The minimum Gasteiger partial charge on any atom is -0.486 e. The molecule has 0 saturated carbocycles. The van der Waals surface area contributed by atoms with Crippen molar-refractivity contribution in [3.05, 3.63) is 43.6 Å². The van der Waals surface area contributed by atoms with Gasteiger partial charge in [-0.25, -0.2) is 0 Å². The Bertz CT molecular complexity index is 657. The van der Waals surface area contributed by atoms with Crippen molar-refractivity contribution in [1.82, 2.24) is 0 Å². The molecule has 0 bridgehead atoms. The van der Waals surface area contributed by atoms with Gasteiger partial charge in [0.15, 0.2) is 11.5 Å². The van der Waals surface area contributed by atoms with Gasteiger partial charge in [-0.15, -0.1) is 11.3 Å². The molecule has 0 fully saturated rings. The van der Waals surface area contributed by atoms with Crippen molar-refractivity contribution in [3.8, 4) is 11.5 Å². The van der Waals surface area contributed by atoms with Crippen LogP contribution in [0.15, 0.2) is 17.5 Å². The second kappa shape index (κ2) is 5.76. The first-order valence-corrected chi connectivity index (χ1v) is 8.59. The monoisotopic (exact) mass is 392 g/mol. The molecule has 3 rings (SSSR count). The normalized spacial score (nSPS) is 15.2. The van der Waals surface area contributed by atoms with Crippen LogP contribution in [0.1, 0.15) is 20.8 Å². The van der Waals surface area contributed by atoms with Gasteiger partial charge in [0.1, 0.15) is 13.2 Å². The summed E-state index contributed by atoms with van der Waals surface area (Å²) < 4.78 is 11.1. The standard InChI is InChI=1S/C14H11BrCl2O2S/c1-7-6-20-14(13(7)17)12(15)8-4-10-11(5-9(8)16)19-3-2-18-10/h4-6,12H,2-3H2,1H3. The molecular weight excluding hydrogens is 383 g/mol. The zero-order chi connectivity index (χ0) is 14.3. The minimum atomic E-state index is -0.0583. The smallest absolute Gasteiger partial charge is 0.162 e. The molecule has 1 aliphatic rings. The Morgan fingerprint density at radius 3 is 2.45 bits per heavy atom. The summed E-state index contributed by atoms with van der Waals surface area (Å²) in [5, 5.41) is 3.46. The predicted octanol–water partition coefficient (Wildman–Crippen LogP) is 5.62. The van der Waals surface area contributed by atoms with E-state index in [4.69, 9.17) is 32.7 Å². The van der Waals surface area contributed by atoms with Crippen molar-refractivity contribution in [2.75, 3.05) is 13.2 Å². The summed E-state index contributed by atoms with van der Waals surface area (Å²) in [7, 11) is 0. The maximum absolute atomic E-state index is 6.36. The molecule has 6 heteroatoms. The van der Waals surface area contributed by atoms with Crippen LogP contribution in [0, 0.1) is 6.92 Å². The van der Waals surface area contributed by atoms with Crippen LogP contribution in [0.2, 0.25) is 10.0 Å². The Hall–Kier alpha value is -0.420. The molecule has 2 nitrogen and oxygen atoms in total. The topological polar surface area (TPSA) is 18.5 Å². The highest BCUT2D eigenvalue weighted by Gasteiger charge is 2.23. The number of rotatable bonds is 2. The molecule has 1 atom stereocenters. The van der Waals surface area contributed by atoms with Crippen molar-refractivity contribution >= 4 is 50.5 Å². The third kappa shape index (κ3) is 2.54. The third-order valence-electron chi connectivity index (χ3n) is 3.09. The Morgan fingerprint density at radius 2 is 1.85 bits per heavy atom. The summed E-state index contributed by atoms with van der Waals surface area (Å²) in [6.45, 7) is 3.10. The van der Waals surface area contributed by atoms with Gasteiger partial charge in [-0.1, -0.05) is 39.1 Å². The molecule has 2 heterocycles. The largest absolute Gasteiger partial charge is 0.486 e. The van der Waals surface area contributed by atoms with Crippen molar-refractivity contribution in [1.29, 1.82) is 0 Å². The molecule has 1 unspecified atom stereocenters. The lowest BCUT2D eigenvalue weighted by molar-refractivity contribution is 0.171. The summed E-state index contributed by atoms with van der Waals surface area (Å²) in [6.07, 6.45) is 0. The van der Waals surface area contributed by atoms with Crippen molar-refractivity contribution in [2.45, 2.75) is 11.8 Å². The summed E-state index contributed by atoms with van der Waals surface area (Å²) in [5.74, 6) is 1.42. The van der Waals surface area contributed by atoms with Crippen molar-refractivity contribution in [2.24, 2.45) is 0 Å². The summed E-state index contributed by atoms with van der Waals surface area (Å²) in [6, 6.07) is 3.72. The second-order valence-corrected chi connectivity index (χ2v) is 7.09. The maximum Gasteiger partial charge on any atom is 0.162 e. The minimum absolute atomic E-state index is 0.0583. The highest BCUT2D eigenvalue weighted by molar-refractivity contribution is 9.09. The average molecular weight is 394 g/mol. The molecule has 1 aliphatic heterocycles. The predicted molar refractivity (Wildman–Crippen MR) is 87.3 cm³/mol. The van der Waals surface area contributed by atoms with Crippen LogP contribution < -0.4 is 9.47 Å². The fourth-order valence-electron chi connectivity index (χ4n) is 2.04. The number of hydrogen-bond donors (Lipinski definition) is 0. The zero-order valence-corrected chi connectivity index (χ0v) is 14.5. The molecule has 0 N–H and O–H groups in total. The van der Waals surface area contributed by atoms with Gasteiger partial charge < -0.3 is 9.47 Å². The molecule has 106 valence electrons. The number of fused-ring (bicyclic) bond motifs is 1. The maximum atomic E-state index is 6.36. The van der Waals surface area contributed by atoms with Crippen molar-refractivity contribution in [3.63, 3.8) is 0 Å². The van der Waals surface area contributed by atoms with E-state index in [0.717, 1.165) is 26.8 Å². The fourth-order valence-corrected chi connectivity index (χ4v) is 4.79. The van der Waals surface area contributed by atoms with E-state index in [1.165, 1.54) is 0 Å². The van der Waals surface area contributed by atoms with Crippen LogP contribution in [0.3, 0.4) is 0 Å². The number of alkyl halides is 1. The Kier molecular flexibility index (Phi) is 4.18. The molecule has 2 aromatic rings. The van der Waals surface area contributed by atoms with Crippen LogP contribution in [0.4, 0.5) is 0 Å². The third-order valence-corrected chi connectivity index (χ3v) is 6.45. The molecular formula is C14H11BrCl2O2S. The summed E-state index contributed by atoms with van der Waals surface area (Å²) in [4.78, 5) is 0.986. The quantitative estimate of drug-likeness (QED) is 0.616. The number of hydrogen-bond acceptors (Lipinski definition) is 3. The van der Waals surface area contributed by atoms with Gasteiger partial charge in [0.05, 0.1) is 9.85 Å². The van der Waals surface area contributed by atoms with Gasteiger partial charge in [0.25, 0.3) is 0 Å². The SMILES string of the molecule is Cc1csc(C(Br)c2cc3c(cc2Cl)OCCO3)c1Cl. The Balaban J connectivity index is 2.03. The number of thiophene rings is 1. The van der Waals surface area contributed by atoms with E-state index in [0.29, 0.717) is 24.0 Å². The van der Waals surface area contributed by atoms with Gasteiger partial charge in [-0.3, -0.25) is 0 Å². The first-order valence-electron chi connectivity index (χ1n) is 6.04. The Morgan fingerprint density at radius 1 is 1.20 bits per heavy atom. The number of halogens is 3. The van der Waals surface area contributed by atoms with Crippen LogP contribution in [0.5, 0.6) is 11.5 Å². The van der Waals surface area contributed by atoms with Gasteiger partial charge in [-0.05, 0) is 29.5 Å². The van der Waals surface area contributed by atoms with E-state index in [1.807, 2.05) is 18.4 Å². The van der Waals surface area contributed by atoms with Crippen LogP contribution in [-0.4, -0.2) is 13.2 Å². The van der Waals surface area contributed by atoms with Crippen LogP contribution in [0.25, 0.3) is 0 Å². The molecule has 20 heavy (non-hydrogen) atoms. The lowest BCUT2D eigenvalue weighted by Gasteiger charge is -2.21. The van der Waals surface area contributed by atoms with E-state index in [2.05, 4.69) is 15.9 Å². The van der Waals surface area contributed by atoms with Gasteiger partial charge >= 0.3 is 0 Å². The zero-order valence-electron chi connectivity index (χ0n) is 10.6. The van der Waals surface area contributed by atoms with E-state index >= 15 is 0 Å². The molecule has 1 aromatic carbocycles. The van der Waals surface area contributed by atoms with Crippen molar-refractivity contribution < 1.29 is 9.47 Å². The summed E-state index contributed by atoms with van der Waals surface area (Å²) >= 11 is 18.0. The number of ether oxygens (including phenoxy) is 2. The molecule has 0 radical (unpaired) electrons. The highest BCUT2D eigenvalue weighted by Crippen LogP contribution is 2.46. The van der Waals surface area contributed by atoms with Gasteiger partial charge in [0, 0.05) is 16.0 Å². The molecule has 0 spiro atoms. The molecule has 0 amide bonds. The van der Waals surface area contributed by atoms with E-state index in [9.17, 15) is 0 Å². The molecule has 0 saturated heterocycles. The van der Waals surface area contributed by atoms with Crippen LogP contribution >= 0.6 is 50.5 Å². The average Bonchev–Trinajstić information content (AvgIpc) is 2.77. The number of benzene rings is 1. The summed E-state index contributed by atoms with van der Waals surface area (Å²) in [5.41, 5.74) is 2.00. The molecule has 0 aliphatic carbocycles. The van der Waals surface area contributed by atoms with Crippen LogP contribution in [-0.2, 0) is 0 Å². The first kappa shape index (κ1) is 14.5. The molecule has 1 aromatic heterocycles. The van der Waals surface area contributed by atoms with E-state index < -0.39 is 0 Å². The lowest BCUT2D eigenvalue weighted by atomic mass is 10.1. The van der Waals surface area contributed by atoms with Gasteiger partial charge in [-0.2, -0.15) is 0 Å². The number of aryl methyl sites for hydroxylation is 1. The Labute approximate surface area is 139 Å². The lowest BCUT2D eigenvalue weighted by Crippen LogP contribution is -2.15. The second-order valence-electron chi connectivity index (χ2n) is 4.48. The fraction of sp³-hybridized carbons (Fsp3) is 0.286. The van der Waals surface area contributed by atoms with E-state index in [1.54, 1.807) is 17.4 Å². The highest BCUT2D eigenvalue weighted by atomic mass is 79.9. The first-order chi connectivity index (χ1) is 9.58.